The van der Waals surface area contributed by atoms with Gasteiger partial charge in [-0.25, -0.2) is 4.57 Å². The topological polar surface area (TPSA) is 47.0 Å². The number of rotatable bonds is 3. The van der Waals surface area contributed by atoms with Crippen LogP contribution < -0.4 is 27.3 Å². The molecule has 17 heavy (non-hydrogen) atoms. The number of nitrogens with zero attached hydrogens (tertiary/aromatic N) is 1. The van der Waals surface area contributed by atoms with Gasteiger partial charge in [0.2, 0.25) is 5.91 Å². The number of carbonyl (C=O) groups excluding carboxylic acids is 1. The van der Waals surface area contributed by atoms with Gasteiger partial charge in [0, 0.05) is 23.3 Å². The number of benzene rings is 1. The van der Waals surface area contributed by atoms with Gasteiger partial charge in [-0.15, -0.1) is 0 Å². The minimum atomic E-state index is -0.389. The van der Waals surface area contributed by atoms with E-state index >= 15 is 0 Å². The summed E-state index contributed by atoms with van der Waals surface area (Å²) < 4.78 is 2.04. The lowest BCUT2D eigenvalue weighted by molar-refractivity contribution is -0.688. The van der Waals surface area contributed by atoms with Gasteiger partial charge < -0.3 is 22.7 Å². The second-order valence-corrected chi connectivity index (χ2v) is 3.61. The smallest absolute Gasteiger partial charge is 0.248 e. The number of hydrogen-bond acceptors (Lipinski definition) is 1. The van der Waals surface area contributed by atoms with Gasteiger partial charge in [-0.3, -0.25) is 4.79 Å². The largest absolute Gasteiger partial charge is 1.00 e. The van der Waals surface area contributed by atoms with Crippen LogP contribution in [0.15, 0.2) is 54.9 Å². The SMILES string of the molecule is NC(=O)c1cccc(C[n+]2ccccc2)c1.[Br-]. The molecule has 0 unspecified atom stereocenters. The van der Waals surface area contributed by atoms with Crippen LogP contribution in [0.1, 0.15) is 15.9 Å². The summed E-state index contributed by atoms with van der Waals surface area (Å²) in [5.41, 5.74) is 6.84. The third kappa shape index (κ3) is 3.67. The van der Waals surface area contributed by atoms with Crippen molar-refractivity contribution in [2.45, 2.75) is 6.54 Å². The van der Waals surface area contributed by atoms with E-state index in [0.29, 0.717) is 5.56 Å². The Bertz CT molecular complexity index is 500. The maximum atomic E-state index is 11.0. The summed E-state index contributed by atoms with van der Waals surface area (Å²) in [6.07, 6.45) is 3.97. The maximum Gasteiger partial charge on any atom is 0.248 e. The van der Waals surface area contributed by atoms with E-state index in [-0.39, 0.29) is 22.9 Å². The summed E-state index contributed by atoms with van der Waals surface area (Å²) >= 11 is 0. The molecule has 0 bridgehead atoms. The molecule has 3 nitrogen and oxygen atoms in total. The Labute approximate surface area is 111 Å². The van der Waals surface area contributed by atoms with Crippen LogP contribution in [0.5, 0.6) is 0 Å². The van der Waals surface area contributed by atoms with Gasteiger partial charge in [-0.1, -0.05) is 18.2 Å². The third-order valence-electron chi connectivity index (χ3n) is 2.35. The van der Waals surface area contributed by atoms with Crippen molar-refractivity contribution in [2.75, 3.05) is 0 Å². The Morgan fingerprint density at radius 3 is 2.47 bits per heavy atom. The van der Waals surface area contributed by atoms with Crippen LogP contribution in [0.25, 0.3) is 0 Å². The number of primary amides is 1. The molecule has 4 heteroatoms. The van der Waals surface area contributed by atoms with E-state index in [1.54, 1.807) is 6.07 Å². The monoisotopic (exact) mass is 292 g/mol. The molecule has 0 saturated carbocycles. The number of halogens is 1. The number of carbonyl (C=O) groups is 1. The van der Waals surface area contributed by atoms with E-state index in [1.807, 2.05) is 53.4 Å². The molecule has 1 aromatic carbocycles. The van der Waals surface area contributed by atoms with Crippen LogP contribution in [0.2, 0.25) is 0 Å². The molecule has 0 atom stereocenters. The molecule has 0 fully saturated rings. The zero-order chi connectivity index (χ0) is 11.4. The van der Waals surface area contributed by atoms with Crippen molar-refractivity contribution in [2.24, 2.45) is 5.73 Å². The minimum Gasteiger partial charge on any atom is -1.00 e. The molecule has 1 heterocycles. The number of amides is 1. The molecule has 0 saturated heterocycles. The van der Waals surface area contributed by atoms with E-state index in [1.165, 1.54) is 0 Å². The quantitative estimate of drug-likeness (QED) is 0.662. The van der Waals surface area contributed by atoms with Crippen LogP contribution in [-0.4, -0.2) is 5.91 Å². The van der Waals surface area contributed by atoms with Crippen LogP contribution >= 0.6 is 0 Å². The highest BCUT2D eigenvalue weighted by atomic mass is 79.9. The van der Waals surface area contributed by atoms with Crippen LogP contribution in [-0.2, 0) is 6.54 Å². The van der Waals surface area contributed by atoms with Crippen LogP contribution in [0.3, 0.4) is 0 Å². The molecule has 88 valence electrons. The predicted octanol–water partition coefficient (Wildman–Crippen LogP) is -1.87. The molecule has 0 aliphatic rings. The zero-order valence-electron chi connectivity index (χ0n) is 9.21. The lowest BCUT2D eigenvalue weighted by Gasteiger charge is -1.99. The van der Waals surface area contributed by atoms with Crippen LogP contribution in [0, 0.1) is 0 Å². The summed E-state index contributed by atoms with van der Waals surface area (Å²) in [6.45, 7) is 0.738. The summed E-state index contributed by atoms with van der Waals surface area (Å²) in [5, 5.41) is 0. The number of pyridine rings is 1. The van der Waals surface area contributed by atoms with Crippen molar-refractivity contribution in [3.05, 3.63) is 66.0 Å². The van der Waals surface area contributed by atoms with E-state index < -0.39 is 0 Å². The van der Waals surface area contributed by atoms with E-state index in [9.17, 15) is 4.79 Å². The Balaban J connectivity index is 0.00000144. The molecule has 0 aliphatic carbocycles. The van der Waals surface area contributed by atoms with E-state index in [0.717, 1.165) is 12.1 Å². The van der Waals surface area contributed by atoms with E-state index in [2.05, 4.69) is 0 Å². The first-order valence-corrected chi connectivity index (χ1v) is 5.08. The van der Waals surface area contributed by atoms with Gasteiger partial charge in [0.25, 0.3) is 0 Å². The highest BCUT2D eigenvalue weighted by Gasteiger charge is 2.04. The van der Waals surface area contributed by atoms with E-state index in [4.69, 9.17) is 5.73 Å². The Morgan fingerprint density at radius 2 is 1.82 bits per heavy atom. The second-order valence-electron chi connectivity index (χ2n) is 3.61. The molecule has 0 aliphatic heterocycles. The fourth-order valence-electron chi connectivity index (χ4n) is 1.57. The zero-order valence-corrected chi connectivity index (χ0v) is 10.8. The predicted molar refractivity (Wildman–Crippen MR) is 60.7 cm³/mol. The number of aromatic nitrogens is 1. The van der Waals surface area contributed by atoms with Gasteiger partial charge in [-0.05, 0) is 12.1 Å². The second kappa shape index (κ2) is 6.15. The molecule has 2 rings (SSSR count). The molecular formula is C13H13BrN2O. The van der Waals surface area contributed by atoms with Gasteiger partial charge in [0.1, 0.15) is 0 Å². The Morgan fingerprint density at radius 1 is 1.12 bits per heavy atom. The first-order valence-electron chi connectivity index (χ1n) is 5.08. The molecule has 0 spiro atoms. The fourth-order valence-corrected chi connectivity index (χ4v) is 1.57. The van der Waals surface area contributed by atoms with Crippen LogP contribution in [0.4, 0.5) is 0 Å². The summed E-state index contributed by atoms with van der Waals surface area (Å²) in [5.74, 6) is -0.389. The minimum absolute atomic E-state index is 0. The molecule has 2 N–H and O–H groups in total. The molecule has 0 radical (unpaired) electrons. The first kappa shape index (κ1) is 13.4. The van der Waals surface area contributed by atoms with Crippen molar-refractivity contribution < 1.29 is 26.3 Å². The number of nitrogens with two attached hydrogens (primary N) is 1. The van der Waals surface area contributed by atoms with Crippen molar-refractivity contribution >= 4 is 5.91 Å². The maximum absolute atomic E-state index is 11.0. The highest BCUT2D eigenvalue weighted by molar-refractivity contribution is 5.92. The lowest BCUT2D eigenvalue weighted by Crippen LogP contribution is -3.00. The lowest BCUT2D eigenvalue weighted by atomic mass is 10.1. The average Bonchev–Trinajstić information content (AvgIpc) is 2.30. The van der Waals surface area contributed by atoms with Crippen molar-refractivity contribution in [1.82, 2.24) is 0 Å². The standard InChI is InChI=1S/C13H12N2O.BrH/c14-13(16)12-6-4-5-11(9-12)10-15-7-2-1-3-8-15;/h1-9H,10H2,(H-,14,16);1H. The molecule has 1 amide bonds. The summed E-state index contributed by atoms with van der Waals surface area (Å²) in [7, 11) is 0. The normalized spacial score (nSPS) is 9.41. The molecule has 1 aromatic heterocycles. The number of hydrogen-bond donors (Lipinski definition) is 1. The van der Waals surface area contributed by atoms with Crippen molar-refractivity contribution in [1.29, 1.82) is 0 Å². The first-order chi connectivity index (χ1) is 7.75. The van der Waals surface area contributed by atoms with Gasteiger partial charge >= 0.3 is 0 Å². The van der Waals surface area contributed by atoms with Gasteiger partial charge in [0.15, 0.2) is 18.9 Å². The highest BCUT2D eigenvalue weighted by Crippen LogP contribution is 2.04. The van der Waals surface area contributed by atoms with Gasteiger partial charge in [0.05, 0.1) is 0 Å². The average molecular weight is 293 g/mol. The Kier molecular flexibility index (Phi) is 4.84. The molecular weight excluding hydrogens is 280 g/mol. The third-order valence-corrected chi connectivity index (χ3v) is 2.35. The fraction of sp³-hybridized carbons (Fsp3) is 0.0769. The molecule has 2 aromatic rings. The van der Waals surface area contributed by atoms with Gasteiger partial charge in [-0.2, -0.15) is 0 Å². The summed E-state index contributed by atoms with van der Waals surface area (Å²) in [6, 6.07) is 13.3. The summed E-state index contributed by atoms with van der Waals surface area (Å²) in [4.78, 5) is 11.0. The van der Waals surface area contributed by atoms with Crippen molar-refractivity contribution in [3.63, 3.8) is 0 Å². The Hall–Kier alpha value is -1.68. The van der Waals surface area contributed by atoms with Crippen molar-refractivity contribution in [3.8, 4) is 0 Å².